The summed E-state index contributed by atoms with van der Waals surface area (Å²) in [5.74, 6) is 0.961. The number of hydrogen-bond acceptors (Lipinski definition) is 5. The van der Waals surface area contributed by atoms with E-state index in [0.29, 0.717) is 33.6 Å². The first-order valence-electron chi connectivity index (χ1n) is 9.43. The molecule has 1 aromatic heterocycles. The van der Waals surface area contributed by atoms with Crippen molar-refractivity contribution in [1.29, 1.82) is 0 Å². The van der Waals surface area contributed by atoms with E-state index in [9.17, 15) is 4.79 Å². The molecule has 0 aliphatic heterocycles. The third-order valence-corrected chi connectivity index (χ3v) is 5.52. The van der Waals surface area contributed by atoms with Crippen molar-refractivity contribution in [1.82, 2.24) is 15.0 Å². The fourth-order valence-electron chi connectivity index (χ4n) is 3.09. The highest BCUT2D eigenvalue weighted by Crippen LogP contribution is 2.33. The topological polar surface area (TPSA) is 78.3 Å². The molecule has 1 amide bonds. The molecule has 0 fully saturated rings. The van der Waals surface area contributed by atoms with Gasteiger partial charge in [-0.15, -0.1) is 10.2 Å². The number of methoxy groups -OCH3 is 1. The van der Waals surface area contributed by atoms with Crippen LogP contribution in [0.1, 0.15) is 17.3 Å². The van der Waals surface area contributed by atoms with Crippen molar-refractivity contribution in [2.75, 3.05) is 19.0 Å². The maximum atomic E-state index is 12.9. The van der Waals surface area contributed by atoms with Crippen LogP contribution in [0.25, 0.3) is 16.7 Å². The van der Waals surface area contributed by atoms with Crippen LogP contribution in [0.5, 0.6) is 11.5 Å². The summed E-state index contributed by atoms with van der Waals surface area (Å²) < 4.78 is 12.3. The van der Waals surface area contributed by atoms with Gasteiger partial charge in [-0.25, -0.2) is 0 Å². The van der Waals surface area contributed by atoms with E-state index in [0.717, 1.165) is 21.4 Å². The number of carbonyl (C=O) groups excluding carboxylic acids is 1. The molecule has 158 valence electrons. The Labute approximate surface area is 195 Å². The summed E-state index contributed by atoms with van der Waals surface area (Å²) in [4.78, 5) is 14.4. The highest BCUT2D eigenvalue weighted by Gasteiger charge is 2.17. The van der Waals surface area contributed by atoms with Crippen molar-refractivity contribution in [3.63, 3.8) is 0 Å². The number of nitrogens with zero attached hydrogens (tertiary/aromatic N) is 3. The van der Waals surface area contributed by atoms with Crippen molar-refractivity contribution in [3.8, 4) is 17.2 Å². The number of halogens is 2. The van der Waals surface area contributed by atoms with E-state index in [1.165, 1.54) is 7.11 Å². The summed E-state index contributed by atoms with van der Waals surface area (Å²) in [6.45, 7) is 2.55. The number of fused-ring (bicyclic) bond motifs is 1. The minimum absolute atomic E-state index is 0.294. The average Bonchev–Trinajstić information content (AvgIpc) is 3.17. The Bertz CT molecular complexity index is 1260. The quantitative estimate of drug-likeness (QED) is 0.341. The summed E-state index contributed by atoms with van der Waals surface area (Å²) >= 11 is 6.82. The van der Waals surface area contributed by atoms with E-state index < -0.39 is 0 Å². The molecule has 0 aliphatic rings. The molecule has 0 unspecified atom stereocenters. The molecule has 31 heavy (non-hydrogen) atoms. The van der Waals surface area contributed by atoms with Crippen LogP contribution in [0.2, 0.25) is 0 Å². The van der Waals surface area contributed by atoms with Crippen molar-refractivity contribution in [2.45, 2.75) is 6.92 Å². The monoisotopic (exact) mass is 544 g/mol. The third kappa shape index (κ3) is 4.57. The molecule has 0 spiro atoms. The van der Waals surface area contributed by atoms with Crippen molar-refractivity contribution in [3.05, 3.63) is 69.1 Å². The number of carbonyl (C=O) groups is 1. The Morgan fingerprint density at radius 2 is 1.77 bits per heavy atom. The van der Waals surface area contributed by atoms with Crippen LogP contribution < -0.4 is 14.8 Å². The summed E-state index contributed by atoms with van der Waals surface area (Å²) in [7, 11) is 1.52. The summed E-state index contributed by atoms with van der Waals surface area (Å²) in [5, 5.41) is 11.9. The number of benzene rings is 3. The Balaban J connectivity index is 1.59. The minimum Gasteiger partial charge on any atom is -0.495 e. The summed E-state index contributed by atoms with van der Waals surface area (Å²) in [5.41, 5.74) is 3.20. The Kier molecular flexibility index (Phi) is 6.24. The molecule has 3 aromatic carbocycles. The molecule has 0 bridgehead atoms. The lowest BCUT2D eigenvalue weighted by atomic mass is 10.1. The Morgan fingerprint density at radius 3 is 2.48 bits per heavy atom. The van der Waals surface area contributed by atoms with Gasteiger partial charge in [-0.3, -0.25) is 4.79 Å². The number of anilines is 1. The smallest absolute Gasteiger partial charge is 0.259 e. The van der Waals surface area contributed by atoms with Crippen LogP contribution in [-0.2, 0) is 0 Å². The van der Waals surface area contributed by atoms with Crippen LogP contribution in [0.15, 0.2) is 63.5 Å². The van der Waals surface area contributed by atoms with Gasteiger partial charge in [0.2, 0.25) is 0 Å². The van der Waals surface area contributed by atoms with Gasteiger partial charge in [-0.05, 0) is 77.5 Å². The first kappa shape index (κ1) is 21.3. The second kappa shape index (κ2) is 9.07. The van der Waals surface area contributed by atoms with Crippen molar-refractivity contribution in [2.24, 2.45) is 0 Å². The lowest BCUT2D eigenvalue weighted by Crippen LogP contribution is -2.13. The molecule has 0 atom stereocenters. The largest absolute Gasteiger partial charge is 0.495 e. The first-order chi connectivity index (χ1) is 15.0. The molecule has 0 saturated carbocycles. The third-order valence-electron chi connectivity index (χ3n) is 4.47. The number of ether oxygens (including phenoxy) is 2. The molecular weight excluding hydrogens is 528 g/mol. The van der Waals surface area contributed by atoms with E-state index in [-0.39, 0.29) is 5.91 Å². The normalized spacial score (nSPS) is 10.8. The van der Waals surface area contributed by atoms with Crippen LogP contribution in [0.4, 0.5) is 5.69 Å². The van der Waals surface area contributed by atoms with E-state index in [1.54, 1.807) is 23.0 Å². The van der Waals surface area contributed by atoms with E-state index in [4.69, 9.17) is 9.47 Å². The Morgan fingerprint density at radius 1 is 1.03 bits per heavy atom. The zero-order valence-corrected chi connectivity index (χ0v) is 19.9. The predicted octanol–water partition coefficient (Wildman–Crippen LogP) is 5.61. The van der Waals surface area contributed by atoms with E-state index >= 15 is 0 Å². The fourth-order valence-corrected chi connectivity index (χ4v) is 4.47. The highest BCUT2D eigenvalue weighted by molar-refractivity contribution is 9.11. The first-order valence-corrected chi connectivity index (χ1v) is 11.0. The number of hydrogen-bond donors (Lipinski definition) is 1. The van der Waals surface area contributed by atoms with E-state index in [1.807, 2.05) is 43.3 Å². The standard InChI is InChI=1S/C22H18Br2N4O3/c1-3-31-16-7-5-15(6-8-16)28-26-19-9-4-14(12-20(19)27-28)25-22(29)17-10-13(23)11-18(24)21(17)30-2/h4-12H,3H2,1-2H3,(H,25,29). The second-order valence-corrected chi connectivity index (χ2v) is 8.31. The molecule has 0 saturated heterocycles. The molecule has 7 nitrogen and oxygen atoms in total. The average molecular weight is 546 g/mol. The molecular formula is C22H18Br2N4O3. The van der Waals surface area contributed by atoms with Crippen molar-refractivity contribution < 1.29 is 14.3 Å². The number of rotatable bonds is 6. The van der Waals surface area contributed by atoms with Crippen LogP contribution in [-0.4, -0.2) is 34.6 Å². The van der Waals surface area contributed by atoms with Gasteiger partial charge in [-0.1, -0.05) is 15.9 Å². The Hall–Kier alpha value is -2.91. The van der Waals surface area contributed by atoms with Gasteiger partial charge in [-0.2, -0.15) is 4.80 Å². The number of nitrogens with one attached hydrogen (secondary N) is 1. The van der Waals surface area contributed by atoms with Crippen LogP contribution in [0, 0.1) is 0 Å². The minimum atomic E-state index is -0.294. The maximum absolute atomic E-state index is 12.9. The molecule has 4 rings (SSSR count). The number of amides is 1. The van der Waals surface area contributed by atoms with Gasteiger partial charge in [0, 0.05) is 10.2 Å². The van der Waals surface area contributed by atoms with Gasteiger partial charge >= 0.3 is 0 Å². The molecule has 1 N–H and O–H groups in total. The lowest BCUT2D eigenvalue weighted by molar-refractivity contribution is 0.102. The SMILES string of the molecule is CCOc1ccc(-n2nc3ccc(NC(=O)c4cc(Br)cc(Br)c4OC)cc3n2)cc1. The zero-order valence-electron chi connectivity index (χ0n) is 16.7. The number of aromatic nitrogens is 3. The lowest BCUT2D eigenvalue weighted by Gasteiger charge is -2.11. The second-order valence-electron chi connectivity index (χ2n) is 6.54. The van der Waals surface area contributed by atoms with Gasteiger partial charge < -0.3 is 14.8 Å². The molecule has 0 radical (unpaired) electrons. The van der Waals surface area contributed by atoms with Gasteiger partial charge in [0.25, 0.3) is 5.91 Å². The van der Waals surface area contributed by atoms with Crippen LogP contribution in [0.3, 0.4) is 0 Å². The molecule has 1 heterocycles. The molecule has 0 aliphatic carbocycles. The van der Waals surface area contributed by atoms with E-state index in [2.05, 4.69) is 47.4 Å². The van der Waals surface area contributed by atoms with Gasteiger partial charge in [0.1, 0.15) is 22.5 Å². The van der Waals surface area contributed by atoms with Gasteiger partial charge in [0.05, 0.1) is 29.4 Å². The van der Waals surface area contributed by atoms with Gasteiger partial charge in [0.15, 0.2) is 0 Å². The zero-order chi connectivity index (χ0) is 22.0. The summed E-state index contributed by atoms with van der Waals surface area (Å²) in [6, 6.07) is 16.5. The van der Waals surface area contributed by atoms with Crippen LogP contribution >= 0.6 is 31.9 Å². The summed E-state index contributed by atoms with van der Waals surface area (Å²) in [6.07, 6.45) is 0. The fraction of sp³-hybridized carbons (Fsp3) is 0.136. The highest BCUT2D eigenvalue weighted by atomic mass is 79.9. The molecule has 9 heteroatoms. The predicted molar refractivity (Wildman–Crippen MR) is 126 cm³/mol. The molecule has 4 aromatic rings. The maximum Gasteiger partial charge on any atom is 0.259 e. The van der Waals surface area contributed by atoms with Crippen molar-refractivity contribution >= 4 is 54.5 Å².